The van der Waals surface area contributed by atoms with Crippen molar-refractivity contribution in [2.45, 2.75) is 11.4 Å². The Balaban J connectivity index is 1.87. The molecule has 20 heavy (non-hydrogen) atoms. The molecule has 0 spiro atoms. The van der Waals surface area contributed by atoms with Crippen molar-refractivity contribution < 1.29 is 17.9 Å². The minimum atomic E-state index is -3.53. The molecule has 2 heterocycles. The highest BCUT2D eigenvalue weighted by Crippen LogP contribution is 2.34. The zero-order valence-electron chi connectivity index (χ0n) is 10.8. The number of benzene rings is 1. The van der Waals surface area contributed by atoms with E-state index in [2.05, 4.69) is 0 Å². The molecule has 0 aliphatic carbocycles. The molecule has 0 radical (unpaired) electrons. The van der Waals surface area contributed by atoms with Crippen LogP contribution in [0.5, 0.6) is 11.5 Å². The van der Waals surface area contributed by atoms with Gasteiger partial charge in [0, 0.05) is 19.7 Å². The number of fused-ring (bicyclic) bond motifs is 1. The highest BCUT2D eigenvalue weighted by atomic mass is 32.2. The minimum absolute atomic E-state index is 0.129. The van der Waals surface area contributed by atoms with Gasteiger partial charge in [-0.15, -0.1) is 0 Å². The summed E-state index contributed by atoms with van der Waals surface area (Å²) < 4.78 is 36.7. The van der Waals surface area contributed by atoms with Gasteiger partial charge in [0.2, 0.25) is 16.8 Å². The highest BCUT2D eigenvalue weighted by Gasteiger charge is 2.24. The molecule has 0 saturated carbocycles. The third kappa shape index (κ3) is 2.39. The molecule has 3 rings (SSSR count). The first-order valence-corrected chi connectivity index (χ1v) is 8.33. The summed E-state index contributed by atoms with van der Waals surface area (Å²) in [6, 6.07) is 6.57. The van der Waals surface area contributed by atoms with Gasteiger partial charge >= 0.3 is 0 Å². The van der Waals surface area contributed by atoms with E-state index in [1.165, 1.54) is 16.4 Å². The summed E-state index contributed by atoms with van der Waals surface area (Å²) in [5.41, 5.74) is 0.974. The van der Waals surface area contributed by atoms with E-state index in [9.17, 15) is 8.42 Å². The predicted molar refractivity (Wildman–Crippen MR) is 75.5 cm³/mol. The van der Waals surface area contributed by atoms with Gasteiger partial charge in [-0.1, -0.05) is 0 Å². The zero-order valence-corrected chi connectivity index (χ0v) is 12.4. The molecular formula is C13H13NO4S2. The number of rotatable bonds is 4. The van der Waals surface area contributed by atoms with Gasteiger partial charge in [-0.25, -0.2) is 8.42 Å². The molecule has 0 saturated heterocycles. The van der Waals surface area contributed by atoms with E-state index >= 15 is 0 Å². The van der Waals surface area contributed by atoms with E-state index in [4.69, 9.17) is 9.47 Å². The lowest BCUT2D eigenvalue weighted by Gasteiger charge is -2.16. The molecule has 0 fully saturated rings. The van der Waals surface area contributed by atoms with E-state index in [-0.39, 0.29) is 11.7 Å². The first-order chi connectivity index (χ1) is 9.57. The normalized spacial score (nSPS) is 13.9. The largest absolute Gasteiger partial charge is 0.454 e. The average Bonchev–Trinajstić information content (AvgIpc) is 3.07. The number of ether oxygens (including phenoxy) is 2. The van der Waals surface area contributed by atoms with Gasteiger partial charge in [0.1, 0.15) is 0 Å². The summed E-state index contributed by atoms with van der Waals surface area (Å²) in [6.07, 6.45) is 0. The van der Waals surface area contributed by atoms with Crippen LogP contribution in [0, 0.1) is 0 Å². The summed E-state index contributed by atoms with van der Waals surface area (Å²) in [7, 11) is -1.97. The van der Waals surface area contributed by atoms with E-state index < -0.39 is 10.0 Å². The SMILES string of the molecule is CN(Cc1ccsc1)S(=O)(=O)c1ccc2c(c1)OCO2. The molecule has 106 valence electrons. The Morgan fingerprint density at radius 2 is 2.05 bits per heavy atom. The van der Waals surface area contributed by atoms with Gasteiger partial charge in [0.25, 0.3) is 0 Å². The van der Waals surface area contributed by atoms with Gasteiger partial charge in [0.15, 0.2) is 11.5 Å². The minimum Gasteiger partial charge on any atom is -0.454 e. The van der Waals surface area contributed by atoms with E-state index in [1.807, 2.05) is 16.8 Å². The summed E-state index contributed by atoms with van der Waals surface area (Å²) in [5.74, 6) is 1.04. The van der Waals surface area contributed by atoms with Crippen LogP contribution >= 0.6 is 11.3 Å². The second-order valence-corrected chi connectivity index (χ2v) is 7.23. The number of hydrogen-bond acceptors (Lipinski definition) is 5. The Morgan fingerprint density at radius 3 is 2.80 bits per heavy atom. The fraction of sp³-hybridized carbons (Fsp3) is 0.231. The third-order valence-corrected chi connectivity index (χ3v) is 5.57. The lowest BCUT2D eigenvalue weighted by molar-refractivity contribution is 0.174. The van der Waals surface area contributed by atoms with Crippen LogP contribution in [-0.2, 0) is 16.6 Å². The number of nitrogens with zero attached hydrogens (tertiary/aromatic N) is 1. The molecule has 1 aliphatic heterocycles. The first-order valence-electron chi connectivity index (χ1n) is 5.94. The van der Waals surface area contributed by atoms with Crippen LogP contribution in [0.2, 0.25) is 0 Å². The molecule has 0 bridgehead atoms. The van der Waals surface area contributed by atoms with Crippen molar-refractivity contribution in [3.05, 3.63) is 40.6 Å². The van der Waals surface area contributed by atoms with E-state index in [1.54, 1.807) is 24.5 Å². The maximum atomic E-state index is 12.5. The molecule has 0 N–H and O–H groups in total. The Morgan fingerprint density at radius 1 is 1.25 bits per heavy atom. The van der Waals surface area contributed by atoms with Crippen LogP contribution in [0.3, 0.4) is 0 Å². The summed E-state index contributed by atoms with van der Waals surface area (Å²) in [6.45, 7) is 0.476. The summed E-state index contributed by atoms with van der Waals surface area (Å²) in [5, 5.41) is 3.86. The molecular weight excluding hydrogens is 298 g/mol. The monoisotopic (exact) mass is 311 g/mol. The molecule has 0 unspecified atom stereocenters. The van der Waals surface area contributed by atoms with Gasteiger partial charge in [-0.3, -0.25) is 0 Å². The van der Waals surface area contributed by atoms with Crippen LogP contribution in [0.15, 0.2) is 39.9 Å². The lowest BCUT2D eigenvalue weighted by atomic mass is 10.3. The molecule has 1 aromatic carbocycles. The maximum absolute atomic E-state index is 12.5. The standard InChI is InChI=1S/C13H13NO4S2/c1-14(7-10-4-5-19-8-10)20(15,16)11-2-3-12-13(6-11)18-9-17-12/h2-6,8H,7,9H2,1H3. The highest BCUT2D eigenvalue weighted by molar-refractivity contribution is 7.89. The van der Waals surface area contributed by atoms with E-state index in [0.29, 0.717) is 18.0 Å². The second-order valence-electron chi connectivity index (χ2n) is 4.41. The molecule has 5 nitrogen and oxygen atoms in total. The van der Waals surface area contributed by atoms with Crippen LogP contribution in [0.4, 0.5) is 0 Å². The fourth-order valence-electron chi connectivity index (χ4n) is 1.94. The fourth-order valence-corrected chi connectivity index (χ4v) is 3.78. The maximum Gasteiger partial charge on any atom is 0.243 e. The number of hydrogen-bond donors (Lipinski definition) is 0. The smallest absolute Gasteiger partial charge is 0.243 e. The molecule has 2 aromatic rings. The van der Waals surface area contributed by atoms with E-state index in [0.717, 1.165) is 5.56 Å². The topological polar surface area (TPSA) is 55.8 Å². The Bertz CT molecular complexity index is 710. The Kier molecular flexibility index (Phi) is 3.41. The number of sulfonamides is 1. The van der Waals surface area contributed by atoms with Crippen LogP contribution in [-0.4, -0.2) is 26.6 Å². The third-order valence-electron chi connectivity index (χ3n) is 3.04. The predicted octanol–water partition coefficient (Wildman–Crippen LogP) is 2.30. The van der Waals surface area contributed by atoms with Crippen molar-refractivity contribution in [3.8, 4) is 11.5 Å². The molecule has 1 aliphatic rings. The van der Waals surface area contributed by atoms with Crippen molar-refractivity contribution in [2.75, 3.05) is 13.8 Å². The Hall–Kier alpha value is -1.57. The molecule has 7 heteroatoms. The molecule has 0 atom stereocenters. The van der Waals surface area contributed by atoms with Crippen LogP contribution < -0.4 is 9.47 Å². The summed E-state index contributed by atoms with van der Waals surface area (Å²) in [4.78, 5) is 0.208. The average molecular weight is 311 g/mol. The van der Waals surface area contributed by atoms with Gasteiger partial charge in [-0.05, 0) is 34.5 Å². The van der Waals surface area contributed by atoms with Gasteiger partial charge in [0.05, 0.1) is 4.90 Å². The first kappa shape index (κ1) is 13.4. The molecule has 1 aromatic heterocycles. The van der Waals surface area contributed by atoms with Crippen molar-refractivity contribution in [1.29, 1.82) is 0 Å². The zero-order chi connectivity index (χ0) is 14.2. The second kappa shape index (κ2) is 5.08. The Labute approximate surface area is 121 Å². The van der Waals surface area contributed by atoms with Crippen molar-refractivity contribution >= 4 is 21.4 Å². The summed E-state index contributed by atoms with van der Waals surface area (Å²) >= 11 is 1.55. The molecule has 0 amide bonds. The van der Waals surface area contributed by atoms with Gasteiger partial charge < -0.3 is 9.47 Å². The van der Waals surface area contributed by atoms with Crippen LogP contribution in [0.1, 0.15) is 5.56 Å². The van der Waals surface area contributed by atoms with Crippen molar-refractivity contribution in [1.82, 2.24) is 4.31 Å². The number of thiophene rings is 1. The lowest BCUT2D eigenvalue weighted by Crippen LogP contribution is -2.26. The van der Waals surface area contributed by atoms with Gasteiger partial charge in [-0.2, -0.15) is 15.6 Å². The van der Waals surface area contributed by atoms with Crippen molar-refractivity contribution in [3.63, 3.8) is 0 Å². The van der Waals surface area contributed by atoms with Crippen LogP contribution in [0.25, 0.3) is 0 Å². The van der Waals surface area contributed by atoms with Crippen molar-refractivity contribution in [2.24, 2.45) is 0 Å². The quantitative estimate of drug-likeness (QED) is 0.869.